The molecular weight excluding hydrogens is 313 g/mol. The molecular formula is C17H22NO4P. The number of ether oxygens (including phenoxy) is 1. The molecule has 0 fully saturated rings. The van der Waals surface area contributed by atoms with Gasteiger partial charge in [0.25, 0.3) is 0 Å². The second-order valence-corrected chi connectivity index (χ2v) is 7.42. The molecule has 0 saturated carbocycles. The lowest BCUT2D eigenvalue weighted by Crippen LogP contribution is -2.24. The van der Waals surface area contributed by atoms with E-state index in [-0.39, 0.29) is 0 Å². The number of nitrogens with one attached hydrogen (secondary N) is 1. The third kappa shape index (κ3) is 4.58. The molecule has 2 aromatic carbocycles. The Bertz CT molecular complexity index is 637. The predicted octanol–water partition coefficient (Wildman–Crippen LogP) is 4.16. The molecule has 0 heterocycles. The van der Waals surface area contributed by atoms with E-state index < -0.39 is 13.4 Å². The fourth-order valence-corrected chi connectivity index (χ4v) is 3.69. The minimum Gasteiger partial charge on any atom is -0.497 e. The summed E-state index contributed by atoms with van der Waals surface area (Å²) >= 11 is 0. The molecule has 23 heavy (non-hydrogen) atoms. The zero-order chi connectivity index (χ0) is 16.7. The average Bonchev–Trinajstić information content (AvgIpc) is 2.62. The summed E-state index contributed by atoms with van der Waals surface area (Å²) in [6.07, 6.45) is 0.520. The second kappa shape index (κ2) is 8.16. The van der Waals surface area contributed by atoms with Gasteiger partial charge in [0, 0.05) is 26.3 Å². The van der Waals surface area contributed by atoms with E-state index in [1.165, 1.54) is 14.2 Å². The molecule has 124 valence electrons. The highest BCUT2D eigenvalue weighted by molar-refractivity contribution is 7.54. The van der Waals surface area contributed by atoms with Crippen molar-refractivity contribution in [2.75, 3.05) is 26.6 Å². The second-order valence-electron chi connectivity index (χ2n) is 4.98. The first-order valence-corrected chi connectivity index (χ1v) is 8.88. The molecule has 0 aliphatic heterocycles. The van der Waals surface area contributed by atoms with Crippen LogP contribution in [0, 0.1) is 0 Å². The van der Waals surface area contributed by atoms with Crippen LogP contribution in [0.1, 0.15) is 5.56 Å². The molecule has 0 unspecified atom stereocenters. The van der Waals surface area contributed by atoms with Crippen molar-refractivity contribution in [2.24, 2.45) is 0 Å². The average molecular weight is 335 g/mol. The number of benzene rings is 2. The molecule has 0 aliphatic rings. The minimum absolute atomic E-state index is 0.492. The molecule has 0 radical (unpaired) electrons. The van der Waals surface area contributed by atoms with Gasteiger partial charge in [-0.15, -0.1) is 0 Å². The van der Waals surface area contributed by atoms with Crippen LogP contribution in [-0.4, -0.2) is 27.1 Å². The van der Waals surface area contributed by atoms with E-state index in [1.807, 2.05) is 54.6 Å². The summed E-state index contributed by atoms with van der Waals surface area (Å²) < 4.78 is 28.4. The van der Waals surface area contributed by atoms with Crippen LogP contribution >= 0.6 is 7.60 Å². The topological polar surface area (TPSA) is 56.8 Å². The van der Waals surface area contributed by atoms with E-state index in [9.17, 15) is 4.57 Å². The number of rotatable bonds is 8. The SMILES string of the molecule is COc1ccc(N[C@@H](Cc2ccccc2)P(=O)(OC)OC)cc1. The third-order valence-electron chi connectivity index (χ3n) is 3.59. The number of hydrogen-bond acceptors (Lipinski definition) is 5. The smallest absolute Gasteiger partial charge is 0.352 e. The molecule has 0 aromatic heterocycles. The summed E-state index contributed by atoms with van der Waals surface area (Å²) in [5.41, 5.74) is 1.87. The van der Waals surface area contributed by atoms with E-state index in [0.717, 1.165) is 17.0 Å². The fourth-order valence-electron chi connectivity index (χ4n) is 2.29. The monoisotopic (exact) mass is 335 g/mol. The Morgan fingerprint density at radius 1 is 0.957 bits per heavy atom. The van der Waals surface area contributed by atoms with Crippen LogP contribution in [0.25, 0.3) is 0 Å². The van der Waals surface area contributed by atoms with E-state index in [4.69, 9.17) is 13.8 Å². The number of anilines is 1. The normalized spacial score (nSPS) is 12.7. The zero-order valence-corrected chi connectivity index (χ0v) is 14.5. The van der Waals surface area contributed by atoms with E-state index in [0.29, 0.717) is 6.42 Å². The van der Waals surface area contributed by atoms with Gasteiger partial charge in [0.1, 0.15) is 11.5 Å². The fraction of sp³-hybridized carbons (Fsp3) is 0.294. The first-order chi connectivity index (χ1) is 11.1. The van der Waals surface area contributed by atoms with Crippen molar-refractivity contribution in [3.05, 3.63) is 60.2 Å². The van der Waals surface area contributed by atoms with Crippen LogP contribution in [0.4, 0.5) is 5.69 Å². The summed E-state index contributed by atoms with van der Waals surface area (Å²) in [5, 5.41) is 3.25. The van der Waals surface area contributed by atoms with Crippen LogP contribution in [0.5, 0.6) is 5.75 Å². The molecule has 0 saturated heterocycles. The largest absolute Gasteiger partial charge is 0.497 e. The third-order valence-corrected chi connectivity index (χ3v) is 5.68. The highest BCUT2D eigenvalue weighted by Gasteiger charge is 2.34. The summed E-state index contributed by atoms with van der Waals surface area (Å²) in [7, 11) is 1.13. The Kier molecular flexibility index (Phi) is 6.22. The maximum Gasteiger partial charge on any atom is 0.352 e. The van der Waals surface area contributed by atoms with Gasteiger partial charge in [-0.05, 0) is 29.8 Å². The van der Waals surface area contributed by atoms with Crippen LogP contribution in [0.15, 0.2) is 54.6 Å². The van der Waals surface area contributed by atoms with Crippen LogP contribution in [0.2, 0.25) is 0 Å². The number of hydrogen-bond donors (Lipinski definition) is 1. The van der Waals surface area contributed by atoms with Crippen molar-refractivity contribution in [1.29, 1.82) is 0 Å². The quantitative estimate of drug-likeness (QED) is 0.734. The summed E-state index contributed by atoms with van der Waals surface area (Å²) in [4.78, 5) is 0. The molecule has 5 nitrogen and oxygen atoms in total. The lowest BCUT2D eigenvalue weighted by molar-refractivity contribution is 0.268. The maximum absolute atomic E-state index is 12.9. The lowest BCUT2D eigenvalue weighted by atomic mass is 10.1. The summed E-state index contributed by atoms with van der Waals surface area (Å²) in [6.45, 7) is 0. The zero-order valence-electron chi connectivity index (χ0n) is 13.6. The van der Waals surface area contributed by atoms with Gasteiger partial charge < -0.3 is 19.1 Å². The Morgan fingerprint density at radius 3 is 2.09 bits per heavy atom. The van der Waals surface area contributed by atoms with E-state index >= 15 is 0 Å². The molecule has 0 amide bonds. The Balaban J connectivity index is 2.23. The van der Waals surface area contributed by atoms with Crippen molar-refractivity contribution in [3.8, 4) is 5.75 Å². The van der Waals surface area contributed by atoms with E-state index in [1.54, 1.807) is 7.11 Å². The predicted molar refractivity (Wildman–Crippen MR) is 92.2 cm³/mol. The van der Waals surface area contributed by atoms with Crippen LogP contribution in [0.3, 0.4) is 0 Å². The van der Waals surface area contributed by atoms with Gasteiger partial charge in [0.05, 0.1) is 7.11 Å². The van der Waals surface area contributed by atoms with E-state index in [2.05, 4.69) is 5.32 Å². The van der Waals surface area contributed by atoms with Gasteiger partial charge >= 0.3 is 7.60 Å². The van der Waals surface area contributed by atoms with Gasteiger partial charge in [-0.2, -0.15) is 0 Å². The molecule has 0 aliphatic carbocycles. The van der Waals surface area contributed by atoms with Gasteiger partial charge in [-0.25, -0.2) is 0 Å². The standard InChI is InChI=1S/C17H22NO4P/c1-20-16-11-9-15(10-12-16)18-17(23(19,21-2)22-3)13-14-7-5-4-6-8-14/h4-12,17-18H,13H2,1-3H3/t17-/m1/s1. The summed E-state index contributed by atoms with van der Waals surface area (Å²) in [5.74, 6) is 0.269. The van der Waals surface area contributed by atoms with Crippen molar-refractivity contribution < 1.29 is 18.3 Å². The van der Waals surface area contributed by atoms with Crippen molar-refractivity contribution in [1.82, 2.24) is 0 Å². The number of methoxy groups -OCH3 is 1. The Hall–Kier alpha value is -1.81. The van der Waals surface area contributed by atoms with Crippen molar-refractivity contribution in [3.63, 3.8) is 0 Å². The molecule has 2 aromatic rings. The molecule has 2 rings (SSSR count). The highest BCUT2D eigenvalue weighted by Crippen LogP contribution is 2.52. The van der Waals surface area contributed by atoms with Gasteiger partial charge in [0.2, 0.25) is 0 Å². The van der Waals surface area contributed by atoms with Crippen LogP contribution in [-0.2, 0) is 20.0 Å². The molecule has 1 N–H and O–H groups in total. The van der Waals surface area contributed by atoms with Gasteiger partial charge in [0.15, 0.2) is 0 Å². The molecule has 0 spiro atoms. The maximum atomic E-state index is 12.9. The Morgan fingerprint density at radius 2 is 1.57 bits per heavy atom. The van der Waals surface area contributed by atoms with Crippen LogP contribution < -0.4 is 10.1 Å². The highest BCUT2D eigenvalue weighted by atomic mass is 31.2. The van der Waals surface area contributed by atoms with Gasteiger partial charge in [-0.3, -0.25) is 4.57 Å². The first kappa shape index (κ1) is 17.5. The van der Waals surface area contributed by atoms with Crippen molar-refractivity contribution in [2.45, 2.75) is 12.2 Å². The minimum atomic E-state index is -3.28. The molecule has 1 atom stereocenters. The van der Waals surface area contributed by atoms with Crippen molar-refractivity contribution >= 4 is 13.3 Å². The van der Waals surface area contributed by atoms with Gasteiger partial charge in [-0.1, -0.05) is 30.3 Å². The molecule has 0 bridgehead atoms. The summed E-state index contributed by atoms with van der Waals surface area (Å²) in [6, 6.07) is 17.2. The molecule has 6 heteroatoms. The lowest BCUT2D eigenvalue weighted by Gasteiger charge is -2.26. The first-order valence-electron chi connectivity index (χ1n) is 7.27. The Labute approximate surface area is 137 Å².